The topological polar surface area (TPSA) is 67.8 Å². The van der Waals surface area contributed by atoms with Gasteiger partial charge in [0.05, 0.1) is 16.8 Å². The summed E-state index contributed by atoms with van der Waals surface area (Å²) >= 11 is 0. The molecule has 5 heteroatoms. The summed E-state index contributed by atoms with van der Waals surface area (Å²) in [6, 6.07) is 17.2. The van der Waals surface area contributed by atoms with Gasteiger partial charge in [-0.2, -0.15) is 0 Å². The van der Waals surface area contributed by atoms with Crippen LogP contribution >= 0.6 is 0 Å². The molecule has 3 heterocycles. The molecule has 4 aromatic rings. The zero-order chi connectivity index (χ0) is 18.6. The van der Waals surface area contributed by atoms with Crippen molar-refractivity contribution >= 4 is 16.8 Å². The van der Waals surface area contributed by atoms with E-state index in [-0.39, 0.29) is 5.91 Å². The minimum atomic E-state index is -0.153. The van der Waals surface area contributed by atoms with Crippen LogP contribution in [0.4, 0.5) is 0 Å². The van der Waals surface area contributed by atoms with Crippen molar-refractivity contribution in [3.8, 4) is 11.3 Å². The Morgan fingerprint density at radius 1 is 1.00 bits per heavy atom. The van der Waals surface area contributed by atoms with E-state index >= 15 is 0 Å². The van der Waals surface area contributed by atoms with Gasteiger partial charge >= 0.3 is 0 Å². The second-order valence-corrected chi connectivity index (χ2v) is 6.27. The predicted octanol–water partition coefficient (Wildman–Crippen LogP) is 3.93. The van der Waals surface area contributed by atoms with Gasteiger partial charge in [0, 0.05) is 41.8 Å². The number of rotatable bonds is 4. The maximum Gasteiger partial charge on any atom is 0.253 e. The highest BCUT2D eigenvalue weighted by Gasteiger charge is 2.13. The molecule has 1 amide bonds. The van der Waals surface area contributed by atoms with Gasteiger partial charge in [-0.15, -0.1) is 0 Å². The number of fused-ring (bicyclic) bond motifs is 1. The van der Waals surface area contributed by atoms with E-state index in [4.69, 9.17) is 0 Å². The molecular formula is C22H18N4O. The lowest BCUT2D eigenvalue weighted by molar-refractivity contribution is 0.0952. The number of benzene rings is 1. The molecule has 4 rings (SSSR count). The van der Waals surface area contributed by atoms with Crippen LogP contribution < -0.4 is 5.32 Å². The molecule has 3 aromatic heterocycles. The minimum absolute atomic E-state index is 0.153. The van der Waals surface area contributed by atoms with Gasteiger partial charge in [-0.1, -0.05) is 24.3 Å². The van der Waals surface area contributed by atoms with E-state index in [1.54, 1.807) is 24.7 Å². The summed E-state index contributed by atoms with van der Waals surface area (Å²) in [6.07, 6.45) is 5.24. The van der Waals surface area contributed by atoms with Crippen molar-refractivity contribution in [2.45, 2.75) is 13.5 Å². The van der Waals surface area contributed by atoms with Crippen LogP contribution in [0.5, 0.6) is 0 Å². The maximum atomic E-state index is 12.8. The van der Waals surface area contributed by atoms with E-state index in [0.29, 0.717) is 17.6 Å². The Morgan fingerprint density at radius 3 is 2.74 bits per heavy atom. The molecule has 0 saturated carbocycles. The quantitative estimate of drug-likeness (QED) is 0.603. The SMILES string of the molecule is Cc1ccc2cccc(C(=O)NCc3cccnc3-c3cccnc3)c2n1. The first-order valence-electron chi connectivity index (χ1n) is 8.71. The van der Waals surface area contributed by atoms with E-state index in [1.807, 2.05) is 55.5 Å². The van der Waals surface area contributed by atoms with Crippen molar-refractivity contribution in [3.05, 3.63) is 90.0 Å². The first-order valence-corrected chi connectivity index (χ1v) is 8.71. The smallest absolute Gasteiger partial charge is 0.253 e. The van der Waals surface area contributed by atoms with Crippen LogP contribution in [0.1, 0.15) is 21.6 Å². The van der Waals surface area contributed by atoms with E-state index in [9.17, 15) is 4.79 Å². The van der Waals surface area contributed by atoms with Crippen LogP contribution in [0.25, 0.3) is 22.2 Å². The average molecular weight is 354 g/mol. The van der Waals surface area contributed by atoms with Crippen molar-refractivity contribution < 1.29 is 4.79 Å². The average Bonchev–Trinajstić information content (AvgIpc) is 2.72. The number of amides is 1. The molecule has 1 aromatic carbocycles. The van der Waals surface area contributed by atoms with Gasteiger partial charge in [-0.05, 0) is 42.8 Å². The van der Waals surface area contributed by atoms with Crippen molar-refractivity contribution in [1.82, 2.24) is 20.3 Å². The highest BCUT2D eigenvalue weighted by molar-refractivity contribution is 6.05. The van der Waals surface area contributed by atoms with Gasteiger partial charge in [0.25, 0.3) is 5.91 Å². The third kappa shape index (κ3) is 3.53. The number of nitrogens with one attached hydrogen (secondary N) is 1. The molecule has 0 spiro atoms. The van der Waals surface area contributed by atoms with Crippen molar-refractivity contribution in [1.29, 1.82) is 0 Å². The summed E-state index contributed by atoms with van der Waals surface area (Å²) in [5, 5.41) is 3.95. The van der Waals surface area contributed by atoms with E-state index in [1.165, 1.54) is 0 Å². The van der Waals surface area contributed by atoms with Crippen LogP contribution in [0.2, 0.25) is 0 Å². The Labute approximate surface area is 157 Å². The lowest BCUT2D eigenvalue weighted by Crippen LogP contribution is -2.23. The monoisotopic (exact) mass is 354 g/mol. The largest absolute Gasteiger partial charge is 0.348 e. The lowest BCUT2D eigenvalue weighted by atomic mass is 10.1. The van der Waals surface area contributed by atoms with Gasteiger partial charge in [0.15, 0.2) is 0 Å². The standard InChI is InChI=1S/C22H18N4O/c1-15-9-10-16-5-2-8-19(21(16)26-15)22(27)25-14-18-7-4-12-24-20(18)17-6-3-11-23-13-17/h2-13H,14H2,1H3,(H,25,27). The predicted molar refractivity (Wildman–Crippen MR) is 105 cm³/mol. The Balaban J connectivity index is 1.60. The molecule has 0 saturated heterocycles. The fourth-order valence-electron chi connectivity index (χ4n) is 3.04. The first kappa shape index (κ1) is 16.8. The minimum Gasteiger partial charge on any atom is -0.348 e. The zero-order valence-electron chi connectivity index (χ0n) is 14.9. The normalized spacial score (nSPS) is 10.7. The van der Waals surface area contributed by atoms with E-state index in [0.717, 1.165) is 27.9 Å². The summed E-state index contributed by atoms with van der Waals surface area (Å²) in [5.74, 6) is -0.153. The maximum absolute atomic E-state index is 12.8. The summed E-state index contributed by atoms with van der Waals surface area (Å²) in [7, 11) is 0. The van der Waals surface area contributed by atoms with Crippen LogP contribution in [0.15, 0.2) is 73.2 Å². The molecule has 27 heavy (non-hydrogen) atoms. The fraction of sp³-hybridized carbons (Fsp3) is 0.0909. The number of aryl methyl sites for hydroxylation is 1. The molecule has 0 radical (unpaired) electrons. The van der Waals surface area contributed by atoms with Crippen molar-refractivity contribution in [3.63, 3.8) is 0 Å². The number of nitrogens with zero attached hydrogens (tertiary/aromatic N) is 3. The number of aromatic nitrogens is 3. The molecule has 0 bridgehead atoms. The van der Waals surface area contributed by atoms with Gasteiger partial charge in [-0.3, -0.25) is 19.7 Å². The Hall–Kier alpha value is -3.60. The number of hydrogen-bond donors (Lipinski definition) is 1. The van der Waals surface area contributed by atoms with Crippen molar-refractivity contribution in [2.75, 3.05) is 0 Å². The number of carbonyl (C=O) groups is 1. The summed E-state index contributed by atoms with van der Waals surface area (Å²) in [5.41, 5.74) is 4.84. The molecule has 0 unspecified atom stereocenters. The third-order valence-corrected chi connectivity index (χ3v) is 4.37. The van der Waals surface area contributed by atoms with Crippen LogP contribution in [-0.4, -0.2) is 20.9 Å². The lowest BCUT2D eigenvalue weighted by Gasteiger charge is -2.11. The Bertz CT molecular complexity index is 1110. The second kappa shape index (κ2) is 7.33. The fourth-order valence-corrected chi connectivity index (χ4v) is 3.04. The van der Waals surface area contributed by atoms with Gasteiger partial charge in [-0.25, -0.2) is 0 Å². The van der Waals surface area contributed by atoms with E-state index in [2.05, 4.69) is 20.3 Å². The van der Waals surface area contributed by atoms with E-state index < -0.39 is 0 Å². The number of carbonyl (C=O) groups excluding carboxylic acids is 1. The molecular weight excluding hydrogens is 336 g/mol. The molecule has 0 atom stereocenters. The molecule has 1 N–H and O–H groups in total. The second-order valence-electron chi connectivity index (χ2n) is 6.27. The molecule has 0 aliphatic rings. The highest BCUT2D eigenvalue weighted by atomic mass is 16.1. The van der Waals surface area contributed by atoms with Crippen molar-refractivity contribution in [2.24, 2.45) is 0 Å². The van der Waals surface area contributed by atoms with Gasteiger partial charge in [0.1, 0.15) is 0 Å². The molecule has 0 fully saturated rings. The Morgan fingerprint density at radius 2 is 1.89 bits per heavy atom. The van der Waals surface area contributed by atoms with Gasteiger partial charge < -0.3 is 5.32 Å². The zero-order valence-corrected chi connectivity index (χ0v) is 14.9. The summed E-state index contributed by atoms with van der Waals surface area (Å²) in [4.78, 5) is 26.0. The van der Waals surface area contributed by atoms with Crippen LogP contribution in [0.3, 0.4) is 0 Å². The molecule has 132 valence electrons. The van der Waals surface area contributed by atoms with Crippen LogP contribution in [-0.2, 0) is 6.54 Å². The molecule has 0 aliphatic carbocycles. The van der Waals surface area contributed by atoms with Crippen LogP contribution in [0, 0.1) is 6.92 Å². The third-order valence-electron chi connectivity index (χ3n) is 4.37. The van der Waals surface area contributed by atoms with Gasteiger partial charge in [0.2, 0.25) is 0 Å². The highest BCUT2D eigenvalue weighted by Crippen LogP contribution is 2.21. The molecule has 5 nitrogen and oxygen atoms in total. The Kier molecular flexibility index (Phi) is 4.58. The molecule has 0 aliphatic heterocycles. The first-order chi connectivity index (χ1) is 13.2. The number of para-hydroxylation sites is 1. The summed E-state index contributed by atoms with van der Waals surface area (Å²) < 4.78 is 0. The number of hydrogen-bond acceptors (Lipinski definition) is 4. The number of pyridine rings is 3. The summed E-state index contributed by atoms with van der Waals surface area (Å²) in [6.45, 7) is 2.29.